The number of hydrogen-bond donors (Lipinski definition) is 2. The first-order chi connectivity index (χ1) is 25.3. The lowest BCUT2D eigenvalue weighted by atomic mass is 9.88. The summed E-state index contributed by atoms with van der Waals surface area (Å²) in [5.74, 6) is -1.01. The Kier molecular flexibility index (Phi) is 12.2. The summed E-state index contributed by atoms with van der Waals surface area (Å²) in [5.41, 5.74) is -3.55. The number of amides is 1. The molecule has 0 radical (unpaired) electrons. The van der Waals surface area contributed by atoms with Gasteiger partial charge in [0.25, 0.3) is 0 Å². The van der Waals surface area contributed by atoms with Crippen LogP contribution in [0.5, 0.6) is 0 Å². The van der Waals surface area contributed by atoms with E-state index in [1.807, 2.05) is 4.90 Å². The number of carboxylic acid groups (broad SMARTS) is 1. The number of nitrogens with zero attached hydrogens (tertiary/aromatic N) is 3. The lowest BCUT2D eigenvalue weighted by Gasteiger charge is -2.40. The summed E-state index contributed by atoms with van der Waals surface area (Å²) in [4.78, 5) is 31.8. The Morgan fingerprint density at radius 1 is 0.907 bits per heavy atom. The van der Waals surface area contributed by atoms with Crippen LogP contribution in [0.25, 0.3) is 0 Å². The maximum Gasteiger partial charge on any atom is 0.416 e. The Morgan fingerprint density at radius 2 is 1.56 bits per heavy atom. The van der Waals surface area contributed by atoms with Gasteiger partial charge in [-0.2, -0.15) is 39.5 Å². The van der Waals surface area contributed by atoms with Gasteiger partial charge >= 0.3 is 30.6 Å². The number of unbranched alkanes of at least 4 members (excludes halogenated alkanes) is 1. The number of fused-ring (bicyclic) bond motifs is 1. The van der Waals surface area contributed by atoms with Gasteiger partial charge in [0.05, 0.1) is 60.1 Å². The average molecular weight is 777 g/mol. The average Bonchev–Trinajstić information content (AvgIpc) is 3.10. The zero-order valence-electron chi connectivity index (χ0n) is 28.9. The summed E-state index contributed by atoms with van der Waals surface area (Å²) in [7, 11) is 0. The van der Waals surface area contributed by atoms with E-state index in [4.69, 9.17) is 14.6 Å². The van der Waals surface area contributed by atoms with Crippen LogP contribution in [0, 0.1) is 0 Å². The summed E-state index contributed by atoms with van der Waals surface area (Å²) in [6, 6.07) is 4.05. The third-order valence-electron chi connectivity index (χ3n) is 9.22. The van der Waals surface area contributed by atoms with Gasteiger partial charge in [0.15, 0.2) is 0 Å². The predicted molar refractivity (Wildman–Crippen MR) is 178 cm³/mol. The van der Waals surface area contributed by atoms with Crippen molar-refractivity contribution in [2.24, 2.45) is 0 Å². The number of aromatic nitrogens is 1. The van der Waals surface area contributed by atoms with E-state index in [-0.39, 0.29) is 66.6 Å². The van der Waals surface area contributed by atoms with Crippen LogP contribution >= 0.6 is 0 Å². The summed E-state index contributed by atoms with van der Waals surface area (Å²) < 4.78 is 135. The van der Waals surface area contributed by atoms with Crippen molar-refractivity contribution >= 4 is 29.3 Å². The number of pyridine rings is 1. The van der Waals surface area contributed by atoms with Gasteiger partial charge in [0.1, 0.15) is 5.82 Å². The molecule has 2 N–H and O–H groups in total. The molecule has 1 fully saturated rings. The highest BCUT2D eigenvalue weighted by atomic mass is 19.4. The van der Waals surface area contributed by atoms with E-state index < -0.39 is 65.8 Å². The molecule has 0 aliphatic carbocycles. The van der Waals surface area contributed by atoms with Gasteiger partial charge in [-0.1, -0.05) is 6.92 Å². The number of anilines is 3. The maximum atomic E-state index is 14.0. The van der Waals surface area contributed by atoms with Crippen molar-refractivity contribution in [1.82, 2.24) is 4.98 Å². The molecule has 1 aromatic heterocycles. The van der Waals surface area contributed by atoms with Gasteiger partial charge in [-0.05, 0) is 79.3 Å². The number of carboxylic acids is 1. The number of benzene rings is 2. The van der Waals surface area contributed by atoms with E-state index >= 15 is 0 Å². The molecule has 2 aliphatic rings. The first kappa shape index (κ1) is 40.4. The highest BCUT2D eigenvalue weighted by Crippen LogP contribution is 2.44. The quantitative estimate of drug-likeness (QED) is 0.147. The smallest absolute Gasteiger partial charge is 0.416 e. The van der Waals surface area contributed by atoms with Crippen molar-refractivity contribution in [1.29, 1.82) is 0 Å². The molecule has 3 heterocycles. The molecule has 2 atom stereocenters. The van der Waals surface area contributed by atoms with Crippen molar-refractivity contribution < 1.29 is 63.7 Å². The molecule has 1 amide bonds. The number of hydrogen-bond acceptors (Lipinski definition) is 7. The highest BCUT2D eigenvalue weighted by molar-refractivity contribution is 5.90. The highest BCUT2D eigenvalue weighted by Gasteiger charge is 2.40. The Morgan fingerprint density at radius 3 is 2.15 bits per heavy atom. The molecule has 0 bridgehead atoms. The number of carbonyl (C=O) groups excluding carboxylic acids is 1. The van der Waals surface area contributed by atoms with Crippen LogP contribution in [0.3, 0.4) is 0 Å². The van der Waals surface area contributed by atoms with Crippen LogP contribution in [0.15, 0.2) is 48.7 Å². The SMILES string of the molecule is CC[C@@H]1C[C@H](Nc2ncc(N3CCOCC3)cc2Cc2cc(C(F)(F)F)cc(C(F)(F)F)c2)c2cc(C(F)(F)F)ccc2N1C(=O)OCCCCC(=O)O. The first-order valence-corrected chi connectivity index (χ1v) is 17.1. The molecule has 2 aliphatic heterocycles. The third kappa shape index (κ3) is 9.86. The fourth-order valence-corrected chi connectivity index (χ4v) is 6.53. The van der Waals surface area contributed by atoms with E-state index in [9.17, 15) is 49.1 Å². The van der Waals surface area contributed by atoms with Gasteiger partial charge in [-0.25, -0.2) is 9.78 Å². The van der Waals surface area contributed by atoms with Crippen molar-refractivity contribution in [3.8, 4) is 0 Å². The monoisotopic (exact) mass is 776 g/mol. The van der Waals surface area contributed by atoms with Gasteiger partial charge < -0.3 is 24.8 Å². The van der Waals surface area contributed by atoms with Gasteiger partial charge in [-0.3, -0.25) is 9.69 Å². The second-order valence-corrected chi connectivity index (χ2v) is 13.0. The van der Waals surface area contributed by atoms with E-state index in [1.54, 1.807) is 13.0 Å². The van der Waals surface area contributed by atoms with Crippen LogP contribution in [-0.4, -0.2) is 61.1 Å². The standard InChI is InChI=1S/C36H37F9N4O5/c1-2-26-19-29(28-18-23(34(37,38)39)6-7-30(28)49(26)33(52)54-10-4-3-5-31(50)51)47-32-22(16-27(20-46-32)48-8-11-53-12-9-48)13-21-14-24(35(40,41)42)17-25(15-21)36(43,44)45/h6-7,14-18,20,26,29H,2-5,8-13,19H2,1H3,(H,46,47)(H,50,51)/t26-,29+/m1/s1. The van der Waals surface area contributed by atoms with Crippen molar-refractivity contribution in [3.05, 3.63) is 82.0 Å². The number of ether oxygens (including phenoxy) is 2. The minimum atomic E-state index is -5.09. The van der Waals surface area contributed by atoms with E-state index in [0.717, 1.165) is 18.2 Å². The van der Waals surface area contributed by atoms with Gasteiger partial charge in [-0.15, -0.1) is 0 Å². The van der Waals surface area contributed by atoms with Crippen molar-refractivity contribution in [3.63, 3.8) is 0 Å². The molecule has 0 saturated carbocycles. The maximum absolute atomic E-state index is 14.0. The number of alkyl halides is 9. The molecule has 54 heavy (non-hydrogen) atoms. The minimum absolute atomic E-state index is 0.00986. The Bertz CT molecular complexity index is 1780. The predicted octanol–water partition coefficient (Wildman–Crippen LogP) is 9.10. The lowest BCUT2D eigenvalue weighted by Crippen LogP contribution is -2.46. The Labute approximate surface area is 304 Å². The molecule has 0 spiro atoms. The van der Waals surface area contributed by atoms with E-state index in [2.05, 4.69) is 10.3 Å². The summed E-state index contributed by atoms with van der Waals surface area (Å²) >= 11 is 0. The zero-order chi connectivity index (χ0) is 39.4. The second kappa shape index (κ2) is 16.3. The summed E-state index contributed by atoms with van der Waals surface area (Å²) in [6.45, 7) is 3.18. The van der Waals surface area contributed by atoms with Gasteiger partial charge in [0.2, 0.25) is 0 Å². The fraction of sp³-hybridized carbons (Fsp3) is 0.472. The number of halogens is 9. The third-order valence-corrected chi connectivity index (χ3v) is 9.22. The summed E-state index contributed by atoms with van der Waals surface area (Å²) in [6.07, 6.45) is -14.2. The molecule has 1 saturated heterocycles. The molecule has 2 aromatic carbocycles. The number of aliphatic carboxylic acids is 1. The summed E-state index contributed by atoms with van der Waals surface area (Å²) in [5, 5.41) is 12.0. The van der Waals surface area contributed by atoms with Crippen LogP contribution < -0.4 is 15.1 Å². The van der Waals surface area contributed by atoms with Crippen LogP contribution in [0.4, 0.5) is 61.5 Å². The van der Waals surface area contributed by atoms with E-state index in [1.165, 1.54) is 11.1 Å². The molecular weight excluding hydrogens is 739 g/mol. The molecule has 0 unspecified atom stereocenters. The largest absolute Gasteiger partial charge is 0.481 e. The van der Waals surface area contributed by atoms with Crippen LogP contribution in [0.1, 0.15) is 78.5 Å². The molecule has 3 aromatic rings. The first-order valence-electron chi connectivity index (χ1n) is 17.1. The number of nitrogens with one attached hydrogen (secondary N) is 1. The molecule has 5 rings (SSSR count). The molecule has 18 heteroatoms. The van der Waals surface area contributed by atoms with Crippen LogP contribution in [-0.2, 0) is 39.2 Å². The lowest BCUT2D eigenvalue weighted by molar-refractivity contribution is -0.143. The molecular formula is C36H37F9N4O5. The Balaban J connectivity index is 1.55. The van der Waals surface area contributed by atoms with E-state index in [0.29, 0.717) is 50.5 Å². The number of rotatable bonds is 11. The number of carbonyl (C=O) groups is 2. The Hall–Kier alpha value is -4.74. The van der Waals surface area contributed by atoms with Gasteiger partial charge in [0, 0.05) is 37.5 Å². The van der Waals surface area contributed by atoms with Crippen LogP contribution in [0.2, 0.25) is 0 Å². The minimum Gasteiger partial charge on any atom is -0.481 e. The normalized spacial score (nSPS) is 18.0. The van der Waals surface area contributed by atoms with Crippen molar-refractivity contribution in [2.75, 3.05) is 48.0 Å². The van der Waals surface area contributed by atoms with Crippen molar-refractivity contribution in [2.45, 2.75) is 76.1 Å². The molecule has 294 valence electrons. The zero-order valence-corrected chi connectivity index (χ0v) is 28.9. The molecule has 9 nitrogen and oxygen atoms in total. The number of morpholine rings is 1. The second-order valence-electron chi connectivity index (χ2n) is 13.0. The fourth-order valence-electron chi connectivity index (χ4n) is 6.53. The topological polar surface area (TPSA) is 104 Å².